The van der Waals surface area contributed by atoms with Crippen molar-refractivity contribution in [3.63, 3.8) is 0 Å². The van der Waals surface area contributed by atoms with E-state index in [2.05, 4.69) is 0 Å². The van der Waals surface area contributed by atoms with E-state index in [9.17, 15) is 22.8 Å². The van der Waals surface area contributed by atoms with Crippen LogP contribution in [-0.2, 0) is 21.4 Å². The molecular formula is C28H19ClN2O6S. The smallest absolute Gasteiger partial charge is 0.324 e. The molecule has 4 aromatic carbocycles. The minimum atomic E-state index is -4.18. The number of imide groups is 1. The fraction of sp³-hybridized carbons (Fsp3) is 0.0357. The number of hydrogen-bond acceptors (Lipinski definition) is 6. The summed E-state index contributed by atoms with van der Waals surface area (Å²) in [5, 5.41) is 0.826. The molecule has 0 fully saturated rings. The predicted octanol–water partition coefficient (Wildman–Crippen LogP) is 5.10. The molecule has 1 aliphatic rings. The Kier molecular flexibility index (Phi) is 6.71. The third-order valence-electron chi connectivity index (χ3n) is 5.87. The fourth-order valence-corrected chi connectivity index (χ4v) is 5.59. The number of anilines is 1. The zero-order valence-corrected chi connectivity index (χ0v) is 21.2. The normalized spacial score (nSPS) is 12.8. The fourth-order valence-electron chi connectivity index (χ4n) is 3.97. The third-order valence-corrected chi connectivity index (χ3v) is 7.89. The van der Waals surface area contributed by atoms with E-state index in [0.717, 1.165) is 11.6 Å². The van der Waals surface area contributed by atoms with Crippen LogP contribution in [0.3, 0.4) is 0 Å². The number of halogens is 1. The van der Waals surface area contributed by atoms with Crippen molar-refractivity contribution in [2.45, 2.75) is 11.4 Å². The lowest BCUT2D eigenvalue weighted by atomic mass is 10.1. The number of amides is 2. The molecule has 1 aliphatic heterocycles. The van der Waals surface area contributed by atoms with Crippen molar-refractivity contribution in [2.75, 3.05) is 4.31 Å². The second kappa shape index (κ2) is 10.1. The molecule has 0 aliphatic carbocycles. The van der Waals surface area contributed by atoms with Crippen molar-refractivity contribution in [2.24, 2.45) is 0 Å². The maximum Gasteiger partial charge on any atom is 0.363 e. The van der Waals surface area contributed by atoms with E-state index in [1.54, 1.807) is 60.7 Å². The number of hydroxylamine groups is 2. The van der Waals surface area contributed by atoms with E-state index in [0.29, 0.717) is 15.8 Å². The largest absolute Gasteiger partial charge is 0.363 e. The van der Waals surface area contributed by atoms with Gasteiger partial charge in [0.1, 0.15) is 0 Å². The van der Waals surface area contributed by atoms with Crippen LogP contribution >= 0.6 is 11.6 Å². The SMILES string of the molecule is O=C(ON1C(=O)c2ccccc2C1=O)c1cccc(S(=O)(=O)N(Cc2ccccc2)c2ccc(Cl)cc2)c1. The highest BCUT2D eigenvalue weighted by Crippen LogP contribution is 2.28. The molecule has 5 rings (SSSR count). The van der Waals surface area contributed by atoms with Gasteiger partial charge < -0.3 is 4.84 Å². The van der Waals surface area contributed by atoms with Gasteiger partial charge >= 0.3 is 5.97 Å². The Morgan fingerprint density at radius 3 is 2.03 bits per heavy atom. The molecule has 8 nitrogen and oxygen atoms in total. The van der Waals surface area contributed by atoms with Crippen LogP contribution in [0.15, 0.2) is 108 Å². The Balaban J connectivity index is 1.45. The number of fused-ring (bicyclic) bond motifs is 1. The molecule has 38 heavy (non-hydrogen) atoms. The summed E-state index contributed by atoms with van der Waals surface area (Å²) in [7, 11) is -4.18. The van der Waals surface area contributed by atoms with Gasteiger partial charge in [0.25, 0.3) is 21.8 Å². The average molecular weight is 547 g/mol. The molecule has 0 bridgehead atoms. The van der Waals surface area contributed by atoms with E-state index >= 15 is 0 Å². The first-order valence-corrected chi connectivity index (χ1v) is 13.2. The summed E-state index contributed by atoms with van der Waals surface area (Å²) in [6.07, 6.45) is 0. The van der Waals surface area contributed by atoms with Crippen molar-refractivity contribution < 1.29 is 27.6 Å². The quantitative estimate of drug-likeness (QED) is 0.299. The van der Waals surface area contributed by atoms with Crippen molar-refractivity contribution in [1.82, 2.24) is 5.06 Å². The van der Waals surface area contributed by atoms with E-state index < -0.39 is 27.8 Å². The van der Waals surface area contributed by atoms with E-state index in [1.807, 2.05) is 6.07 Å². The lowest BCUT2D eigenvalue weighted by Crippen LogP contribution is -2.33. The van der Waals surface area contributed by atoms with Crippen LogP contribution in [0.5, 0.6) is 0 Å². The molecule has 0 aromatic heterocycles. The van der Waals surface area contributed by atoms with E-state index in [4.69, 9.17) is 16.4 Å². The molecular weight excluding hydrogens is 528 g/mol. The van der Waals surface area contributed by atoms with Crippen molar-refractivity contribution in [3.05, 3.63) is 130 Å². The minimum absolute atomic E-state index is 0.0223. The van der Waals surface area contributed by atoms with Gasteiger partial charge in [-0.2, -0.15) is 0 Å². The molecule has 1 heterocycles. The lowest BCUT2D eigenvalue weighted by molar-refractivity contribution is -0.0584. The molecule has 0 saturated carbocycles. The summed E-state index contributed by atoms with van der Waals surface area (Å²) in [4.78, 5) is 42.9. The lowest BCUT2D eigenvalue weighted by Gasteiger charge is -2.25. The first-order valence-electron chi connectivity index (χ1n) is 11.4. The Bertz CT molecular complexity index is 1620. The summed E-state index contributed by atoms with van der Waals surface area (Å²) in [6.45, 7) is 0.0223. The van der Waals surface area contributed by atoms with Gasteiger partial charge in [-0.25, -0.2) is 13.2 Å². The number of rotatable bonds is 7. The molecule has 190 valence electrons. The monoisotopic (exact) mass is 546 g/mol. The van der Waals surface area contributed by atoms with Gasteiger partial charge in [0.15, 0.2) is 0 Å². The van der Waals surface area contributed by atoms with Gasteiger partial charge in [-0.15, -0.1) is 0 Å². The molecule has 4 aromatic rings. The zero-order chi connectivity index (χ0) is 26.9. The van der Waals surface area contributed by atoms with Gasteiger partial charge in [-0.05, 0) is 60.2 Å². The second-order valence-electron chi connectivity index (χ2n) is 8.33. The van der Waals surface area contributed by atoms with Crippen LogP contribution in [0.25, 0.3) is 0 Å². The molecule has 0 atom stereocenters. The highest BCUT2D eigenvalue weighted by atomic mass is 35.5. The number of nitrogens with zero attached hydrogens (tertiary/aromatic N) is 2. The van der Waals surface area contributed by atoms with Gasteiger partial charge in [-0.1, -0.05) is 65.2 Å². The summed E-state index contributed by atoms with van der Waals surface area (Å²) in [5.41, 5.74) is 1.19. The van der Waals surface area contributed by atoms with Crippen LogP contribution in [0, 0.1) is 0 Å². The van der Waals surface area contributed by atoms with Gasteiger partial charge in [-0.3, -0.25) is 13.9 Å². The first-order chi connectivity index (χ1) is 18.3. The number of carbonyl (C=O) groups is 3. The number of sulfonamides is 1. The van der Waals surface area contributed by atoms with Crippen molar-refractivity contribution in [1.29, 1.82) is 0 Å². The van der Waals surface area contributed by atoms with Crippen LogP contribution < -0.4 is 4.31 Å². The number of carbonyl (C=O) groups excluding carboxylic acids is 3. The van der Waals surface area contributed by atoms with Crippen LogP contribution in [0.1, 0.15) is 36.6 Å². The second-order valence-corrected chi connectivity index (χ2v) is 10.6. The molecule has 2 amide bonds. The molecule has 0 radical (unpaired) electrons. The Hall–Kier alpha value is -4.47. The third kappa shape index (κ3) is 4.77. The van der Waals surface area contributed by atoms with Crippen LogP contribution in [0.4, 0.5) is 5.69 Å². The van der Waals surface area contributed by atoms with Crippen molar-refractivity contribution in [3.8, 4) is 0 Å². The summed E-state index contributed by atoms with van der Waals surface area (Å²) in [6, 6.07) is 26.7. The highest BCUT2D eigenvalue weighted by molar-refractivity contribution is 7.92. The van der Waals surface area contributed by atoms with Crippen LogP contribution in [-0.4, -0.2) is 31.3 Å². The molecule has 0 unspecified atom stereocenters. The van der Waals surface area contributed by atoms with Gasteiger partial charge in [0.05, 0.1) is 33.8 Å². The Morgan fingerprint density at radius 2 is 1.39 bits per heavy atom. The molecule has 10 heteroatoms. The van der Waals surface area contributed by atoms with Gasteiger partial charge in [0, 0.05) is 5.02 Å². The summed E-state index contributed by atoms with van der Waals surface area (Å²) < 4.78 is 28.8. The standard InChI is InChI=1S/C28H19ClN2O6S/c29-21-13-15-22(16-14-21)30(18-19-7-2-1-3-8-19)38(35,36)23-10-6-9-20(17-23)28(34)37-31-26(32)24-11-4-5-12-25(24)27(31)33/h1-17H,18H2. The van der Waals surface area contributed by atoms with E-state index in [-0.39, 0.29) is 28.1 Å². The zero-order valence-electron chi connectivity index (χ0n) is 19.7. The molecule has 0 spiro atoms. The Labute approximate surface area is 223 Å². The van der Waals surface area contributed by atoms with E-state index in [1.165, 1.54) is 34.6 Å². The molecule has 0 N–H and O–H groups in total. The topological polar surface area (TPSA) is 101 Å². The summed E-state index contributed by atoms with van der Waals surface area (Å²) >= 11 is 6.01. The van der Waals surface area contributed by atoms with Crippen molar-refractivity contribution >= 4 is 45.1 Å². The average Bonchev–Trinajstić information content (AvgIpc) is 3.18. The Morgan fingerprint density at radius 1 is 0.789 bits per heavy atom. The summed E-state index contributed by atoms with van der Waals surface area (Å²) in [5.74, 6) is -2.61. The first kappa shape index (κ1) is 25.2. The number of benzene rings is 4. The minimum Gasteiger partial charge on any atom is -0.324 e. The predicted molar refractivity (Wildman–Crippen MR) is 140 cm³/mol. The maximum absolute atomic E-state index is 13.8. The maximum atomic E-state index is 13.8. The highest BCUT2D eigenvalue weighted by Gasteiger charge is 2.39. The van der Waals surface area contributed by atoms with Gasteiger partial charge in [0.2, 0.25) is 0 Å². The van der Waals surface area contributed by atoms with Crippen LogP contribution in [0.2, 0.25) is 5.02 Å². The molecule has 0 saturated heterocycles. The number of hydrogen-bond donors (Lipinski definition) is 0.